The number of rotatable bonds is 6. The smallest absolute Gasteiger partial charge is 0.265 e. The predicted octanol–water partition coefficient (Wildman–Crippen LogP) is 4.27. The van der Waals surface area contributed by atoms with E-state index in [2.05, 4.69) is 10.6 Å². The van der Waals surface area contributed by atoms with E-state index in [-0.39, 0.29) is 11.8 Å². The average Bonchev–Trinajstić information content (AvgIpc) is 3.23. The lowest BCUT2D eigenvalue weighted by molar-refractivity contribution is 0.101. The molecule has 27 heavy (non-hydrogen) atoms. The first-order valence-electron chi connectivity index (χ1n) is 8.09. The maximum Gasteiger partial charge on any atom is 0.265 e. The molecule has 0 aliphatic carbocycles. The molecular weight excluding hydrogens is 364 g/mol. The van der Waals surface area contributed by atoms with E-state index >= 15 is 0 Å². The Balaban J connectivity index is 1.73. The molecule has 2 N–H and O–H groups in total. The minimum Gasteiger partial charge on any atom is -0.493 e. The topological polar surface area (TPSA) is 76.7 Å². The van der Waals surface area contributed by atoms with Gasteiger partial charge < -0.3 is 20.1 Å². The molecule has 1 aromatic heterocycles. The van der Waals surface area contributed by atoms with E-state index in [4.69, 9.17) is 9.47 Å². The van der Waals surface area contributed by atoms with Gasteiger partial charge in [0.05, 0.1) is 19.1 Å². The summed E-state index contributed by atoms with van der Waals surface area (Å²) in [6.45, 7) is 0. The quantitative estimate of drug-likeness (QED) is 0.667. The van der Waals surface area contributed by atoms with Crippen LogP contribution in [0.5, 0.6) is 11.5 Å². The molecule has 0 saturated carbocycles. The molecule has 7 heteroatoms. The number of methoxy groups -OCH3 is 2. The third kappa shape index (κ3) is 4.45. The van der Waals surface area contributed by atoms with Crippen molar-refractivity contribution in [2.45, 2.75) is 0 Å². The van der Waals surface area contributed by atoms with E-state index in [1.54, 1.807) is 55.6 Å². The third-order valence-electron chi connectivity index (χ3n) is 3.77. The fraction of sp³-hybridized carbons (Fsp3) is 0.100. The second-order valence-corrected chi connectivity index (χ2v) is 6.48. The number of anilines is 2. The van der Waals surface area contributed by atoms with Crippen LogP contribution >= 0.6 is 11.3 Å². The molecule has 0 radical (unpaired) electrons. The third-order valence-corrected chi connectivity index (χ3v) is 4.64. The van der Waals surface area contributed by atoms with Crippen molar-refractivity contribution in [2.24, 2.45) is 0 Å². The largest absolute Gasteiger partial charge is 0.493 e. The molecule has 0 atom stereocenters. The summed E-state index contributed by atoms with van der Waals surface area (Å²) in [5, 5.41) is 7.43. The number of benzene rings is 2. The van der Waals surface area contributed by atoms with E-state index in [9.17, 15) is 9.59 Å². The molecular formula is C20H18N2O4S. The highest BCUT2D eigenvalue weighted by molar-refractivity contribution is 7.12. The van der Waals surface area contributed by atoms with Gasteiger partial charge in [-0.25, -0.2) is 0 Å². The Kier molecular flexibility index (Phi) is 5.73. The Morgan fingerprint density at radius 3 is 2.26 bits per heavy atom. The van der Waals surface area contributed by atoms with Gasteiger partial charge in [-0.15, -0.1) is 11.3 Å². The van der Waals surface area contributed by atoms with Crippen LogP contribution in [0.2, 0.25) is 0 Å². The minimum atomic E-state index is -0.297. The SMILES string of the molecule is COc1ccc(NC(=O)c2cccc(NC(=O)c3cccs3)c2)cc1OC. The molecule has 0 aliphatic rings. The summed E-state index contributed by atoms with van der Waals surface area (Å²) in [6, 6.07) is 15.4. The fourth-order valence-electron chi connectivity index (χ4n) is 2.46. The molecule has 0 aliphatic heterocycles. The van der Waals surface area contributed by atoms with Gasteiger partial charge in [0.2, 0.25) is 0 Å². The Morgan fingerprint density at radius 1 is 0.815 bits per heavy atom. The summed E-state index contributed by atoms with van der Waals surface area (Å²) in [6.07, 6.45) is 0. The van der Waals surface area contributed by atoms with E-state index in [1.807, 2.05) is 11.4 Å². The lowest BCUT2D eigenvalue weighted by Gasteiger charge is -2.11. The van der Waals surface area contributed by atoms with Crippen molar-refractivity contribution in [3.63, 3.8) is 0 Å². The summed E-state index contributed by atoms with van der Waals surface area (Å²) in [5.74, 6) is 0.595. The van der Waals surface area contributed by atoms with Crippen molar-refractivity contribution in [1.82, 2.24) is 0 Å². The molecule has 138 valence electrons. The van der Waals surface area contributed by atoms with Crippen LogP contribution in [0.15, 0.2) is 60.0 Å². The molecule has 2 aromatic carbocycles. The van der Waals surface area contributed by atoms with Crippen molar-refractivity contribution < 1.29 is 19.1 Å². The Bertz CT molecular complexity index is 954. The van der Waals surface area contributed by atoms with Gasteiger partial charge >= 0.3 is 0 Å². The molecule has 0 spiro atoms. The molecule has 6 nitrogen and oxygen atoms in total. The van der Waals surface area contributed by atoms with Crippen molar-refractivity contribution in [3.05, 3.63) is 70.4 Å². The van der Waals surface area contributed by atoms with Gasteiger partial charge in [-0.3, -0.25) is 9.59 Å². The van der Waals surface area contributed by atoms with Crippen molar-refractivity contribution in [3.8, 4) is 11.5 Å². The first-order chi connectivity index (χ1) is 13.1. The monoisotopic (exact) mass is 382 g/mol. The van der Waals surface area contributed by atoms with E-state index < -0.39 is 0 Å². The summed E-state index contributed by atoms with van der Waals surface area (Å²) in [4.78, 5) is 25.3. The standard InChI is InChI=1S/C20H18N2O4S/c1-25-16-9-8-15(12-17(16)26-2)21-19(23)13-5-3-6-14(11-13)22-20(24)18-7-4-10-27-18/h3-12H,1-2H3,(H,21,23)(H,22,24). The number of amides is 2. The molecule has 0 saturated heterocycles. The highest BCUT2D eigenvalue weighted by Crippen LogP contribution is 2.30. The van der Waals surface area contributed by atoms with Gasteiger partial charge in [-0.05, 0) is 41.8 Å². The van der Waals surface area contributed by atoms with Gasteiger partial charge in [0, 0.05) is 23.0 Å². The number of hydrogen-bond acceptors (Lipinski definition) is 5. The Labute approximate surface area is 160 Å². The van der Waals surface area contributed by atoms with Crippen LogP contribution in [-0.2, 0) is 0 Å². The summed E-state index contributed by atoms with van der Waals surface area (Å²) >= 11 is 1.36. The second kappa shape index (κ2) is 8.37. The van der Waals surface area contributed by atoms with Crippen LogP contribution < -0.4 is 20.1 Å². The van der Waals surface area contributed by atoms with Gasteiger partial charge in [0.25, 0.3) is 11.8 Å². The highest BCUT2D eigenvalue weighted by Gasteiger charge is 2.11. The summed E-state index contributed by atoms with van der Waals surface area (Å²) in [5.41, 5.74) is 1.55. The van der Waals surface area contributed by atoms with E-state index in [0.717, 1.165) is 0 Å². The Hall–Kier alpha value is -3.32. The van der Waals surface area contributed by atoms with Crippen LogP contribution in [0, 0.1) is 0 Å². The maximum absolute atomic E-state index is 12.5. The molecule has 0 fully saturated rings. The number of ether oxygens (including phenoxy) is 2. The highest BCUT2D eigenvalue weighted by atomic mass is 32.1. The van der Waals surface area contributed by atoms with Gasteiger partial charge in [0.15, 0.2) is 11.5 Å². The van der Waals surface area contributed by atoms with Crippen LogP contribution in [0.25, 0.3) is 0 Å². The molecule has 0 bridgehead atoms. The lowest BCUT2D eigenvalue weighted by atomic mass is 10.1. The molecule has 3 aromatic rings. The van der Waals surface area contributed by atoms with Gasteiger partial charge in [-0.2, -0.15) is 0 Å². The first-order valence-corrected chi connectivity index (χ1v) is 8.97. The maximum atomic E-state index is 12.5. The number of carbonyl (C=O) groups is 2. The predicted molar refractivity (Wildman–Crippen MR) is 106 cm³/mol. The number of hydrogen-bond donors (Lipinski definition) is 2. The zero-order valence-corrected chi connectivity index (χ0v) is 15.6. The van der Waals surface area contributed by atoms with Crippen molar-refractivity contribution in [2.75, 3.05) is 24.9 Å². The van der Waals surface area contributed by atoms with Crippen molar-refractivity contribution in [1.29, 1.82) is 0 Å². The second-order valence-electron chi connectivity index (χ2n) is 5.54. The van der Waals surface area contributed by atoms with E-state index in [0.29, 0.717) is 33.3 Å². The van der Waals surface area contributed by atoms with Gasteiger partial charge in [0.1, 0.15) is 0 Å². The van der Waals surface area contributed by atoms with Gasteiger partial charge in [-0.1, -0.05) is 12.1 Å². The van der Waals surface area contributed by atoms with Crippen LogP contribution in [0.4, 0.5) is 11.4 Å². The van der Waals surface area contributed by atoms with Crippen LogP contribution in [0.1, 0.15) is 20.0 Å². The fourth-order valence-corrected chi connectivity index (χ4v) is 3.07. The lowest BCUT2D eigenvalue weighted by Crippen LogP contribution is -2.14. The molecule has 0 unspecified atom stereocenters. The van der Waals surface area contributed by atoms with Crippen LogP contribution in [0.3, 0.4) is 0 Å². The summed E-state index contributed by atoms with van der Waals surface area (Å²) < 4.78 is 10.4. The summed E-state index contributed by atoms with van der Waals surface area (Å²) in [7, 11) is 3.08. The first kappa shape index (κ1) is 18.5. The number of carbonyl (C=O) groups excluding carboxylic acids is 2. The molecule has 2 amide bonds. The molecule has 1 heterocycles. The zero-order valence-electron chi connectivity index (χ0n) is 14.8. The number of nitrogens with one attached hydrogen (secondary N) is 2. The minimum absolute atomic E-state index is 0.206. The van der Waals surface area contributed by atoms with E-state index in [1.165, 1.54) is 18.4 Å². The molecule has 3 rings (SSSR count). The van der Waals surface area contributed by atoms with Crippen LogP contribution in [-0.4, -0.2) is 26.0 Å². The van der Waals surface area contributed by atoms with Crippen molar-refractivity contribution >= 4 is 34.5 Å². The Morgan fingerprint density at radius 2 is 1.56 bits per heavy atom. The zero-order chi connectivity index (χ0) is 19.2. The average molecular weight is 382 g/mol. The number of thiophene rings is 1. The normalized spacial score (nSPS) is 10.1.